The first-order valence-corrected chi connectivity index (χ1v) is 13.7. The van der Waals surface area contributed by atoms with Gasteiger partial charge in [-0.2, -0.15) is 5.10 Å². The van der Waals surface area contributed by atoms with Crippen LogP contribution in [0, 0.1) is 5.92 Å². The Morgan fingerprint density at radius 2 is 1.63 bits per heavy atom. The smallest absolute Gasteiger partial charge is 0.272 e. The topological polar surface area (TPSA) is 67.7 Å². The number of methoxy groups -OCH3 is 1. The standard InChI is InChI=1S/C31H40N4O3/c1-23(2)20-30(36)35-19-11-7-5-6-10-18-34(22-25-12-8-9-13-28(25)35)31(37)29-21-27(32-33(29)3)24-14-16-26(38-4)17-15-24/h8-9,12-17,21,23H,5-7,10-11,18-20,22H2,1-4H3. The zero-order valence-electron chi connectivity index (χ0n) is 23.2. The van der Waals surface area contributed by atoms with Crippen LogP contribution in [0.2, 0.25) is 0 Å². The maximum absolute atomic E-state index is 13.9. The molecule has 7 nitrogen and oxygen atoms in total. The number of hydrogen-bond donors (Lipinski definition) is 0. The van der Waals surface area contributed by atoms with Gasteiger partial charge < -0.3 is 14.5 Å². The molecule has 0 atom stereocenters. The molecule has 2 heterocycles. The van der Waals surface area contributed by atoms with E-state index in [0.29, 0.717) is 37.7 Å². The van der Waals surface area contributed by atoms with Gasteiger partial charge in [0.25, 0.3) is 5.91 Å². The largest absolute Gasteiger partial charge is 0.497 e. The van der Waals surface area contributed by atoms with Crippen molar-refractivity contribution in [3.63, 3.8) is 0 Å². The van der Waals surface area contributed by atoms with Gasteiger partial charge in [-0.25, -0.2) is 0 Å². The molecule has 7 heteroatoms. The van der Waals surface area contributed by atoms with Crippen LogP contribution in [0.15, 0.2) is 54.6 Å². The van der Waals surface area contributed by atoms with Crippen molar-refractivity contribution >= 4 is 17.5 Å². The molecule has 0 fully saturated rings. The van der Waals surface area contributed by atoms with Crippen molar-refractivity contribution in [2.75, 3.05) is 25.1 Å². The molecule has 0 radical (unpaired) electrons. The lowest BCUT2D eigenvalue weighted by atomic mass is 10.0. The number of amides is 2. The van der Waals surface area contributed by atoms with Crippen LogP contribution in [0.4, 0.5) is 5.69 Å². The van der Waals surface area contributed by atoms with E-state index in [1.54, 1.807) is 11.8 Å². The van der Waals surface area contributed by atoms with Gasteiger partial charge in [0, 0.05) is 44.4 Å². The van der Waals surface area contributed by atoms with Crippen LogP contribution in [-0.2, 0) is 18.4 Å². The maximum Gasteiger partial charge on any atom is 0.272 e. The Hall–Kier alpha value is -3.61. The molecule has 0 saturated carbocycles. The van der Waals surface area contributed by atoms with Gasteiger partial charge in [0.05, 0.1) is 12.8 Å². The van der Waals surface area contributed by atoms with Crippen LogP contribution >= 0.6 is 0 Å². The quantitative estimate of drug-likeness (QED) is 0.412. The lowest BCUT2D eigenvalue weighted by Gasteiger charge is -2.30. The van der Waals surface area contributed by atoms with Crippen molar-refractivity contribution in [3.8, 4) is 17.0 Å². The number of aromatic nitrogens is 2. The van der Waals surface area contributed by atoms with Crippen LogP contribution in [0.25, 0.3) is 11.3 Å². The number of anilines is 1. The molecule has 0 N–H and O–H groups in total. The number of hydrogen-bond acceptors (Lipinski definition) is 4. The summed E-state index contributed by atoms with van der Waals surface area (Å²) >= 11 is 0. The minimum Gasteiger partial charge on any atom is -0.497 e. The van der Waals surface area contributed by atoms with E-state index in [1.807, 2.05) is 71.4 Å². The molecule has 1 aromatic heterocycles. The fourth-order valence-electron chi connectivity index (χ4n) is 5.04. The van der Waals surface area contributed by atoms with Crippen LogP contribution < -0.4 is 9.64 Å². The van der Waals surface area contributed by atoms with E-state index in [0.717, 1.165) is 60.4 Å². The molecule has 4 rings (SSSR count). The Kier molecular flexibility index (Phi) is 9.21. The Morgan fingerprint density at radius 3 is 2.34 bits per heavy atom. The summed E-state index contributed by atoms with van der Waals surface area (Å²) in [5.74, 6) is 1.17. The minimum atomic E-state index is -0.0494. The average molecular weight is 517 g/mol. The van der Waals surface area contributed by atoms with Crippen molar-refractivity contribution in [2.24, 2.45) is 13.0 Å². The van der Waals surface area contributed by atoms with Gasteiger partial charge in [-0.05, 0) is 60.7 Å². The van der Waals surface area contributed by atoms with Crippen LogP contribution in [0.1, 0.15) is 68.4 Å². The van der Waals surface area contributed by atoms with Crippen LogP contribution in [0.3, 0.4) is 0 Å². The highest BCUT2D eigenvalue weighted by Crippen LogP contribution is 2.27. The van der Waals surface area contributed by atoms with E-state index in [-0.39, 0.29) is 11.8 Å². The number of aryl methyl sites for hydroxylation is 1. The van der Waals surface area contributed by atoms with Gasteiger partial charge in [-0.15, -0.1) is 0 Å². The number of nitrogens with zero attached hydrogens (tertiary/aromatic N) is 4. The molecule has 0 spiro atoms. The van der Waals surface area contributed by atoms with E-state index in [1.165, 1.54) is 0 Å². The predicted molar refractivity (Wildman–Crippen MR) is 151 cm³/mol. The Balaban J connectivity index is 1.64. The summed E-state index contributed by atoms with van der Waals surface area (Å²) in [6, 6.07) is 17.6. The number of ether oxygens (including phenoxy) is 1. The third-order valence-electron chi connectivity index (χ3n) is 7.11. The second-order valence-electron chi connectivity index (χ2n) is 10.5. The fourth-order valence-corrected chi connectivity index (χ4v) is 5.04. The van der Waals surface area contributed by atoms with E-state index < -0.39 is 0 Å². The van der Waals surface area contributed by atoms with Crippen LogP contribution in [0.5, 0.6) is 5.75 Å². The number of carbonyl (C=O) groups is 2. The first-order valence-electron chi connectivity index (χ1n) is 13.7. The summed E-state index contributed by atoms with van der Waals surface area (Å²) in [6.07, 6.45) is 5.70. The number of fused-ring (bicyclic) bond motifs is 1. The summed E-state index contributed by atoms with van der Waals surface area (Å²) < 4.78 is 6.94. The van der Waals surface area contributed by atoms with Crippen molar-refractivity contribution < 1.29 is 14.3 Å². The maximum atomic E-state index is 13.9. The van der Waals surface area contributed by atoms with Gasteiger partial charge >= 0.3 is 0 Å². The molecule has 38 heavy (non-hydrogen) atoms. The van der Waals surface area contributed by atoms with Crippen molar-refractivity contribution in [1.82, 2.24) is 14.7 Å². The zero-order chi connectivity index (χ0) is 27.1. The normalized spacial score (nSPS) is 15.0. The molecule has 1 aliphatic heterocycles. The molecular formula is C31H40N4O3. The molecule has 0 aliphatic carbocycles. The Morgan fingerprint density at radius 1 is 0.947 bits per heavy atom. The molecular weight excluding hydrogens is 476 g/mol. The minimum absolute atomic E-state index is 0.0494. The van der Waals surface area contributed by atoms with Gasteiger partial charge in [0.15, 0.2) is 0 Å². The average Bonchev–Trinajstić information content (AvgIpc) is 3.29. The van der Waals surface area contributed by atoms with Gasteiger partial charge in [0.2, 0.25) is 5.91 Å². The van der Waals surface area contributed by atoms with Crippen molar-refractivity contribution in [2.45, 2.75) is 58.9 Å². The third-order valence-corrected chi connectivity index (χ3v) is 7.11. The van der Waals surface area contributed by atoms with E-state index in [9.17, 15) is 9.59 Å². The lowest BCUT2D eigenvalue weighted by molar-refractivity contribution is -0.119. The Bertz CT molecular complexity index is 1230. The van der Waals surface area contributed by atoms with Crippen LogP contribution in [-0.4, -0.2) is 46.7 Å². The summed E-state index contributed by atoms with van der Waals surface area (Å²) in [5.41, 5.74) is 4.14. The molecule has 0 bridgehead atoms. The number of rotatable bonds is 5. The highest BCUT2D eigenvalue weighted by Gasteiger charge is 2.25. The summed E-state index contributed by atoms with van der Waals surface area (Å²) in [5, 5.41) is 4.64. The monoisotopic (exact) mass is 516 g/mol. The van der Waals surface area contributed by atoms with Crippen molar-refractivity contribution in [3.05, 3.63) is 65.9 Å². The van der Waals surface area contributed by atoms with Gasteiger partial charge in [0.1, 0.15) is 11.4 Å². The van der Waals surface area contributed by atoms with Crippen molar-refractivity contribution in [1.29, 1.82) is 0 Å². The SMILES string of the molecule is COc1ccc(-c2cc(C(=O)N3CCCCCCCN(C(=O)CC(C)C)c4ccccc4C3)n(C)n2)cc1. The second kappa shape index (κ2) is 12.8. The number of carbonyl (C=O) groups excluding carboxylic acids is 2. The molecule has 2 aromatic carbocycles. The summed E-state index contributed by atoms with van der Waals surface area (Å²) in [4.78, 5) is 31.1. The van der Waals surface area contributed by atoms with E-state index >= 15 is 0 Å². The first-order chi connectivity index (χ1) is 18.4. The fraction of sp³-hybridized carbons (Fsp3) is 0.452. The highest BCUT2D eigenvalue weighted by molar-refractivity contribution is 5.95. The number of para-hydroxylation sites is 1. The number of benzene rings is 2. The third kappa shape index (κ3) is 6.63. The molecule has 0 saturated heterocycles. The van der Waals surface area contributed by atoms with Gasteiger partial charge in [-0.3, -0.25) is 14.3 Å². The molecule has 202 valence electrons. The molecule has 0 unspecified atom stereocenters. The first kappa shape index (κ1) is 27.4. The summed E-state index contributed by atoms with van der Waals surface area (Å²) in [6.45, 7) is 5.98. The summed E-state index contributed by atoms with van der Waals surface area (Å²) in [7, 11) is 3.46. The van der Waals surface area contributed by atoms with E-state index in [2.05, 4.69) is 18.9 Å². The molecule has 3 aromatic rings. The highest BCUT2D eigenvalue weighted by atomic mass is 16.5. The molecule has 1 aliphatic rings. The molecule has 2 amide bonds. The van der Waals surface area contributed by atoms with Gasteiger partial charge in [-0.1, -0.05) is 51.3 Å². The zero-order valence-corrected chi connectivity index (χ0v) is 23.2. The second-order valence-corrected chi connectivity index (χ2v) is 10.5. The predicted octanol–water partition coefficient (Wildman–Crippen LogP) is 6.08. The Labute approximate surface area is 226 Å². The van der Waals surface area contributed by atoms with E-state index in [4.69, 9.17) is 4.74 Å². The lowest BCUT2D eigenvalue weighted by Crippen LogP contribution is -2.36.